The molecule has 0 aliphatic rings. The Bertz CT molecular complexity index is 1050. The number of halogens is 4. The van der Waals surface area contributed by atoms with E-state index in [4.69, 9.17) is 11.6 Å². The fraction of sp³-hybridized carbons (Fsp3) is 0.368. The third kappa shape index (κ3) is 5.03. The van der Waals surface area contributed by atoms with Gasteiger partial charge in [0.25, 0.3) is 11.6 Å². The molecule has 2 heterocycles. The fourth-order valence-corrected chi connectivity index (χ4v) is 3.27. The first-order valence-corrected chi connectivity index (χ1v) is 9.34. The van der Waals surface area contributed by atoms with Crippen LogP contribution in [0, 0.1) is 13.8 Å². The maximum Gasteiger partial charge on any atom is 0.453 e. The average Bonchev–Trinajstić information content (AvgIpc) is 3.06. The molecule has 0 aliphatic heterocycles. The topological polar surface area (TPSA) is 72.2 Å². The van der Waals surface area contributed by atoms with Crippen molar-refractivity contribution in [3.63, 3.8) is 0 Å². The quantitative estimate of drug-likeness (QED) is 0.653. The molecule has 0 aliphatic carbocycles. The molecule has 154 valence electrons. The van der Waals surface area contributed by atoms with Crippen molar-refractivity contribution in [2.75, 3.05) is 6.54 Å². The Morgan fingerprint density at radius 3 is 2.66 bits per heavy atom. The van der Waals surface area contributed by atoms with Crippen molar-refractivity contribution in [2.24, 2.45) is 0 Å². The van der Waals surface area contributed by atoms with Crippen LogP contribution in [-0.4, -0.2) is 32.0 Å². The Morgan fingerprint density at radius 2 is 1.97 bits per heavy atom. The summed E-state index contributed by atoms with van der Waals surface area (Å²) in [5, 5.41) is 6.99. The van der Waals surface area contributed by atoms with Gasteiger partial charge in [0.2, 0.25) is 5.91 Å². The lowest BCUT2D eigenvalue weighted by Crippen LogP contribution is -2.26. The van der Waals surface area contributed by atoms with Crippen LogP contribution in [0.1, 0.15) is 34.8 Å². The third-order valence-electron chi connectivity index (χ3n) is 4.53. The lowest BCUT2D eigenvalue weighted by molar-refractivity contribution is -0.144. The molecule has 0 atom stereocenters. The van der Waals surface area contributed by atoms with E-state index in [9.17, 15) is 18.0 Å². The van der Waals surface area contributed by atoms with Gasteiger partial charge in [-0.05, 0) is 49.9 Å². The molecule has 0 saturated heterocycles. The molecular weight excluding hydrogens is 407 g/mol. The van der Waals surface area contributed by atoms with Crippen LogP contribution in [0.2, 0.25) is 5.02 Å². The van der Waals surface area contributed by atoms with Crippen molar-refractivity contribution in [1.29, 1.82) is 0 Å². The minimum atomic E-state index is -4.64. The standard InChI is InChI=1S/C19H19ClF3N5O/c1-11-15(12(2)28-18(25-11)26-17(27-28)19(21,22)23)6-7-16(29)24-9-8-13-4-3-5-14(20)10-13/h3-5,10H,6-9H2,1-2H3,(H,24,29). The van der Waals surface area contributed by atoms with Gasteiger partial charge in [-0.25, -0.2) is 9.50 Å². The zero-order valence-electron chi connectivity index (χ0n) is 15.8. The molecule has 6 nitrogen and oxygen atoms in total. The van der Waals surface area contributed by atoms with Gasteiger partial charge in [-0.1, -0.05) is 23.7 Å². The van der Waals surface area contributed by atoms with Crippen molar-refractivity contribution in [3.05, 3.63) is 57.6 Å². The van der Waals surface area contributed by atoms with E-state index < -0.39 is 12.0 Å². The van der Waals surface area contributed by atoms with Gasteiger partial charge < -0.3 is 5.32 Å². The maximum absolute atomic E-state index is 12.8. The van der Waals surface area contributed by atoms with E-state index in [-0.39, 0.29) is 18.1 Å². The Hall–Kier alpha value is -2.68. The van der Waals surface area contributed by atoms with E-state index in [1.54, 1.807) is 19.9 Å². The summed E-state index contributed by atoms with van der Waals surface area (Å²) < 4.78 is 39.6. The third-order valence-corrected chi connectivity index (χ3v) is 4.76. The van der Waals surface area contributed by atoms with Crippen LogP contribution in [0.4, 0.5) is 13.2 Å². The lowest BCUT2D eigenvalue weighted by atomic mass is 10.1. The Labute approximate surface area is 170 Å². The predicted octanol–water partition coefficient (Wildman–Crippen LogP) is 3.70. The largest absolute Gasteiger partial charge is 0.453 e. The summed E-state index contributed by atoms with van der Waals surface area (Å²) >= 11 is 5.93. The zero-order valence-corrected chi connectivity index (χ0v) is 16.6. The van der Waals surface area contributed by atoms with E-state index in [1.807, 2.05) is 18.2 Å². The molecule has 1 amide bonds. The van der Waals surface area contributed by atoms with Crippen molar-refractivity contribution >= 4 is 23.3 Å². The zero-order chi connectivity index (χ0) is 21.2. The van der Waals surface area contributed by atoms with Crippen molar-refractivity contribution in [2.45, 2.75) is 39.3 Å². The van der Waals surface area contributed by atoms with E-state index in [0.29, 0.717) is 41.4 Å². The second-order valence-electron chi connectivity index (χ2n) is 6.64. The monoisotopic (exact) mass is 425 g/mol. The maximum atomic E-state index is 12.8. The molecule has 0 bridgehead atoms. The lowest BCUT2D eigenvalue weighted by Gasteiger charge is -2.10. The SMILES string of the molecule is Cc1nc2nc(C(F)(F)F)nn2c(C)c1CCC(=O)NCCc1cccc(Cl)c1. The Morgan fingerprint density at radius 1 is 1.21 bits per heavy atom. The molecule has 0 radical (unpaired) electrons. The number of nitrogens with zero attached hydrogens (tertiary/aromatic N) is 4. The summed E-state index contributed by atoms with van der Waals surface area (Å²) in [4.78, 5) is 19.7. The van der Waals surface area contributed by atoms with Crippen molar-refractivity contribution in [1.82, 2.24) is 24.9 Å². The number of hydrogen-bond acceptors (Lipinski definition) is 4. The minimum absolute atomic E-state index is 0.109. The van der Waals surface area contributed by atoms with Crippen LogP contribution in [0.5, 0.6) is 0 Å². The van der Waals surface area contributed by atoms with Gasteiger partial charge in [0.1, 0.15) is 0 Å². The molecule has 29 heavy (non-hydrogen) atoms. The molecule has 0 fully saturated rings. The van der Waals surface area contributed by atoms with Gasteiger partial charge in [-0.2, -0.15) is 18.2 Å². The first kappa shape index (κ1) is 21.0. The van der Waals surface area contributed by atoms with E-state index in [2.05, 4.69) is 20.4 Å². The summed E-state index contributed by atoms with van der Waals surface area (Å²) in [6, 6.07) is 7.40. The summed E-state index contributed by atoms with van der Waals surface area (Å²) in [5.74, 6) is -1.49. The van der Waals surface area contributed by atoms with Crippen LogP contribution in [0.25, 0.3) is 5.78 Å². The van der Waals surface area contributed by atoms with Crippen LogP contribution in [0.15, 0.2) is 24.3 Å². The van der Waals surface area contributed by atoms with E-state index in [0.717, 1.165) is 10.1 Å². The van der Waals surface area contributed by atoms with Gasteiger partial charge in [0, 0.05) is 29.4 Å². The molecule has 2 aromatic heterocycles. The number of rotatable bonds is 6. The summed E-state index contributed by atoms with van der Waals surface area (Å²) in [5.41, 5.74) is 2.72. The number of aromatic nitrogens is 4. The number of fused-ring (bicyclic) bond motifs is 1. The highest BCUT2D eigenvalue weighted by molar-refractivity contribution is 6.30. The second-order valence-corrected chi connectivity index (χ2v) is 7.07. The first-order valence-electron chi connectivity index (χ1n) is 8.96. The normalized spacial score (nSPS) is 11.8. The predicted molar refractivity (Wildman–Crippen MR) is 102 cm³/mol. The molecule has 1 N–H and O–H groups in total. The van der Waals surface area contributed by atoms with Gasteiger partial charge in [0.05, 0.1) is 0 Å². The highest BCUT2D eigenvalue weighted by atomic mass is 35.5. The number of carbonyl (C=O) groups excluding carboxylic acids is 1. The number of carbonyl (C=O) groups is 1. The number of aryl methyl sites for hydroxylation is 2. The number of hydrogen-bond donors (Lipinski definition) is 1. The smallest absolute Gasteiger partial charge is 0.356 e. The fourth-order valence-electron chi connectivity index (χ4n) is 3.06. The van der Waals surface area contributed by atoms with Gasteiger partial charge >= 0.3 is 6.18 Å². The van der Waals surface area contributed by atoms with Gasteiger partial charge in [-0.3, -0.25) is 4.79 Å². The highest BCUT2D eigenvalue weighted by Gasteiger charge is 2.36. The molecule has 3 rings (SSSR count). The molecule has 0 saturated carbocycles. The highest BCUT2D eigenvalue weighted by Crippen LogP contribution is 2.27. The van der Waals surface area contributed by atoms with Crippen molar-refractivity contribution < 1.29 is 18.0 Å². The Kier molecular flexibility index (Phi) is 6.07. The van der Waals surface area contributed by atoms with Gasteiger partial charge in [-0.15, -0.1) is 5.10 Å². The van der Waals surface area contributed by atoms with Crippen molar-refractivity contribution in [3.8, 4) is 0 Å². The molecule has 0 unspecified atom stereocenters. The molecule has 0 spiro atoms. The van der Waals surface area contributed by atoms with E-state index >= 15 is 0 Å². The number of benzene rings is 1. The summed E-state index contributed by atoms with van der Waals surface area (Å²) in [6.07, 6.45) is -3.47. The molecule has 3 aromatic rings. The molecule has 1 aromatic carbocycles. The van der Waals surface area contributed by atoms with Gasteiger partial charge in [0.15, 0.2) is 0 Å². The minimum Gasteiger partial charge on any atom is -0.356 e. The van der Waals surface area contributed by atoms with E-state index in [1.165, 1.54) is 0 Å². The number of amides is 1. The Balaban J connectivity index is 1.63. The molecular formula is C19H19ClF3N5O. The summed E-state index contributed by atoms with van der Waals surface area (Å²) in [7, 11) is 0. The number of alkyl halides is 3. The van der Waals surface area contributed by atoms with Crippen LogP contribution < -0.4 is 5.32 Å². The van der Waals surface area contributed by atoms with Crippen LogP contribution in [-0.2, 0) is 23.8 Å². The molecule has 10 heteroatoms. The average molecular weight is 426 g/mol. The number of nitrogens with one attached hydrogen (secondary N) is 1. The summed E-state index contributed by atoms with van der Waals surface area (Å²) in [6.45, 7) is 3.79. The second kappa shape index (κ2) is 8.36. The first-order chi connectivity index (χ1) is 13.6. The van der Waals surface area contributed by atoms with Crippen LogP contribution in [0.3, 0.4) is 0 Å². The van der Waals surface area contributed by atoms with Crippen LogP contribution >= 0.6 is 11.6 Å².